The summed E-state index contributed by atoms with van der Waals surface area (Å²) in [5.74, 6) is 1.38. The molecule has 2 saturated heterocycles. The molecule has 4 heterocycles. The van der Waals surface area contributed by atoms with Crippen LogP contribution in [0.15, 0.2) is 24.3 Å². The second-order valence-electron chi connectivity index (χ2n) is 7.83. The second-order valence-corrected chi connectivity index (χ2v) is 8.21. The largest absolute Gasteiger partial charge is 0.381 e. The van der Waals surface area contributed by atoms with E-state index in [1.165, 1.54) is 0 Å². The Morgan fingerprint density at radius 2 is 2.03 bits per heavy atom. The molecule has 2 atom stereocenters. The third-order valence-corrected chi connectivity index (χ3v) is 6.51. The molecule has 1 aromatic carbocycles. The Morgan fingerprint density at radius 3 is 2.83 bits per heavy atom. The molecule has 3 aromatic rings. The van der Waals surface area contributed by atoms with Crippen LogP contribution in [-0.2, 0) is 9.47 Å². The Bertz CT molecular complexity index is 1010. The topological polar surface area (TPSA) is 63.9 Å². The van der Waals surface area contributed by atoms with Gasteiger partial charge in [-0.2, -0.15) is 5.10 Å². The van der Waals surface area contributed by atoms with Crippen molar-refractivity contribution in [2.45, 2.75) is 19.4 Å². The standard InChI is InChI=1S/C21H26ClN5O2/c1-14-19(22)21-24-20(16-4-2-3-5-17(16)27(21)25-14)23-12-18(15-6-9-29-13-15)26-7-10-28-11-8-26/h2-5,15,18H,6-13H2,1H3,(H,23,24)/t15-,18+/m1/s1. The van der Waals surface area contributed by atoms with Crippen molar-refractivity contribution in [3.63, 3.8) is 0 Å². The van der Waals surface area contributed by atoms with Crippen molar-refractivity contribution in [3.8, 4) is 0 Å². The minimum absolute atomic E-state index is 0.389. The molecule has 0 aliphatic carbocycles. The highest BCUT2D eigenvalue weighted by molar-refractivity contribution is 6.34. The summed E-state index contributed by atoms with van der Waals surface area (Å²) in [5, 5.41) is 9.86. The van der Waals surface area contributed by atoms with Crippen LogP contribution in [0, 0.1) is 12.8 Å². The molecule has 5 rings (SSSR count). The highest BCUT2D eigenvalue weighted by atomic mass is 35.5. The van der Waals surface area contributed by atoms with Gasteiger partial charge in [-0.15, -0.1) is 0 Å². The fraction of sp³-hybridized carbons (Fsp3) is 0.524. The maximum Gasteiger partial charge on any atom is 0.176 e. The van der Waals surface area contributed by atoms with Crippen LogP contribution in [0.3, 0.4) is 0 Å². The number of fused-ring (bicyclic) bond motifs is 3. The lowest BCUT2D eigenvalue weighted by Crippen LogP contribution is -2.50. The predicted molar refractivity (Wildman–Crippen MR) is 114 cm³/mol. The summed E-state index contributed by atoms with van der Waals surface area (Å²) in [5.41, 5.74) is 2.48. The number of hydrogen-bond donors (Lipinski definition) is 1. The van der Waals surface area contributed by atoms with E-state index < -0.39 is 0 Å². The molecule has 2 fully saturated rings. The third-order valence-electron chi connectivity index (χ3n) is 6.07. The molecule has 1 N–H and O–H groups in total. The summed E-state index contributed by atoms with van der Waals surface area (Å²) in [6.07, 6.45) is 1.10. The molecule has 0 spiro atoms. The molecule has 0 amide bonds. The molecule has 0 bridgehead atoms. The van der Waals surface area contributed by atoms with Gasteiger partial charge in [0, 0.05) is 43.6 Å². The summed E-state index contributed by atoms with van der Waals surface area (Å²) in [7, 11) is 0. The van der Waals surface area contributed by atoms with Gasteiger partial charge in [-0.05, 0) is 25.5 Å². The lowest BCUT2D eigenvalue weighted by Gasteiger charge is -2.37. The fourth-order valence-corrected chi connectivity index (χ4v) is 4.64. The van der Waals surface area contributed by atoms with Crippen molar-refractivity contribution in [2.75, 3.05) is 51.4 Å². The normalized spacial score (nSPS) is 21.8. The number of nitrogens with zero attached hydrogens (tertiary/aromatic N) is 4. The van der Waals surface area contributed by atoms with E-state index in [4.69, 9.17) is 26.1 Å². The summed E-state index contributed by atoms with van der Waals surface area (Å²) in [6, 6.07) is 8.58. The van der Waals surface area contributed by atoms with Crippen molar-refractivity contribution >= 4 is 34.0 Å². The van der Waals surface area contributed by atoms with Crippen LogP contribution in [0.1, 0.15) is 12.1 Å². The van der Waals surface area contributed by atoms with Crippen molar-refractivity contribution in [3.05, 3.63) is 35.0 Å². The Labute approximate surface area is 174 Å². The Morgan fingerprint density at radius 1 is 1.21 bits per heavy atom. The average molecular weight is 416 g/mol. The SMILES string of the molecule is Cc1nn2c(nc(NC[C@@H]([C@@H]3CCOC3)N3CCOCC3)c3ccccc32)c1Cl. The van der Waals surface area contributed by atoms with Crippen molar-refractivity contribution in [2.24, 2.45) is 5.92 Å². The van der Waals surface area contributed by atoms with Gasteiger partial charge >= 0.3 is 0 Å². The fourth-order valence-electron chi connectivity index (χ4n) is 4.48. The number of benzene rings is 1. The molecular formula is C21H26ClN5O2. The number of anilines is 1. The molecule has 8 heteroatoms. The first-order valence-corrected chi connectivity index (χ1v) is 10.7. The van der Waals surface area contributed by atoms with E-state index in [0.29, 0.717) is 22.6 Å². The number of aromatic nitrogens is 3. The van der Waals surface area contributed by atoms with E-state index in [9.17, 15) is 0 Å². The number of morpholine rings is 1. The molecule has 0 saturated carbocycles. The van der Waals surface area contributed by atoms with Gasteiger partial charge in [0.25, 0.3) is 0 Å². The Hall–Kier alpha value is -1.93. The number of halogens is 1. The highest BCUT2D eigenvalue weighted by Gasteiger charge is 2.31. The third kappa shape index (κ3) is 3.57. The van der Waals surface area contributed by atoms with Crippen molar-refractivity contribution in [1.82, 2.24) is 19.5 Å². The smallest absolute Gasteiger partial charge is 0.176 e. The van der Waals surface area contributed by atoms with Gasteiger partial charge in [-0.3, -0.25) is 4.90 Å². The number of para-hydroxylation sites is 1. The van der Waals surface area contributed by atoms with Crippen LogP contribution < -0.4 is 5.32 Å². The molecule has 29 heavy (non-hydrogen) atoms. The van der Waals surface area contributed by atoms with Crippen LogP contribution in [0.25, 0.3) is 16.6 Å². The average Bonchev–Trinajstić information content (AvgIpc) is 3.38. The number of aryl methyl sites for hydroxylation is 1. The molecule has 154 valence electrons. The zero-order valence-electron chi connectivity index (χ0n) is 16.6. The molecule has 2 aliphatic heterocycles. The van der Waals surface area contributed by atoms with Gasteiger partial charge in [0.2, 0.25) is 0 Å². The van der Waals surface area contributed by atoms with Crippen LogP contribution in [0.2, 0.25) is 5.02 Å². The molecule has 0 radical (unpaired) electrons. The van der Waals surface area contributed by atoms with Crippen LogP contribution in [-0.4, -0.2) is 71.6 Å². The van der Waals surface area contributed by atoms with Gasteiger partial charge in [-0.25, -0.2) is 9.50 Å². The minimum atomic E-state index is 0.389. The van der Waals surface area contributed by atoms with E-state index in [-0.39, 0.29) is 0 Å². The summed E-state index contributed by atoms with van der Waals surface area (Å²) >= 11 is 6.49. The summed E-state index contributed by atoms with van der Waals surface area (Å²) in [4.78, 5) is 7.38. The first-order chi connectivity index (χ1) is 14.2. The number of hydrogen-bond acceptors (Lipinski definition) is 6. The first kappa shape index (κ1) is 19.1. The van der Waals surface area contributed by atoms with E-state index in [0.717, 1.165) is 74.9 Å². The van der Waals surface area contributed by atoms with Crippen LogP contribution in [0.5, 0.6) is 0 Å². The molecule has 7 nitrogen and oxygen atoms in total. The lowest BCUT2D eigenvalue weighted by molar-refractivity contribution is 0.00460. The molecular weight excluding hydrogens is 390 g/mol. The lowest BCUT2D eigenvalue weighted by atomic mass is 9.97. The highest BCUT2D eigenvalue weighted by Crippen LogP contribution is 2.29. The van der Waals surface area contributed by atoms with Crippen LogP contribution >= 0.6 is 11.6 Å². The minimum Gasteiger partial charge on any atom is -0.381 e. The van der Waals surface area contributed by atoms with E-state index in [1.807, 2.05) is 23.6 Å². The number of rotatable bonds is 5. The van der Waals surface area contributed by atoms with E-state index in [1.54, 1.807) is 0 Å². The summed E-state index contributed by atoms with van der Waals surface area (Å²) in [6.45, 7) is 7.91. The van der Waals surface area contributed by atoms with Crippen LogP contribution in [0.4, 0.5) is 5.82 Å². The van der Waals surface area contributed by atoms with Crippen molar-refractivity contribution < 1.29 is 9.47 Å². The number of nitrogens with one attached hydrogen (secondary N) is 1. The van der Waals surface area contributed by atoms with Gasteiger partial charge in [0.1, 0.15) is 10.8 Å². The predicted octanol–water partition coefficient (Wildman–Crippen LogP) is 2.99. The van der Waals surface area contributed by atoms with Gasteiger partial charge < -0.3 is 14.8 Å². The van der Waals surface area contributed by atoms with Gasteiger partial charge in [-0.1, -0.05) is 23.7 Å². The maximum absolute atomic E-state index is 6.49. The number of ether oxygens (including phenoxy) is 2. The van der Waals surface area contributed by atoms with Gasteiger partial charge in [0.05, 0.1) is 31.0 Å². The van der Waals surface area contributed by atoms with E-state index >= 15 is 0 Å². The van der Waals surface area contributed by atoms with Gasteiger partial charge in [0.15, 0.2) is 5.65 Å². The second kappa shape index (κ2) is 8.07. The quantitative estimate of drug-likeness (QED) is 0.691. The van der Waals surface area contributed by atoms with Crippen molar-refractivity contribution in [1.29, 1.82) is 0 Å². The molecule has 0 unspecified atom stereocenters. The molecule has 2 aromatic heterocycles. The first-order valence-electron chi connectivity index (χ1n) is 10.3. The zero-order valence-corrected chi connectivity index (χ0v) is 17.4. The maximum atomic E-state index is 6.49. The monoisotopic (exact) mass is 415 g/mol. The summed E-state index contributed by atoms with van der Waals surface area (Å²) < 4.78 is 13.1. The molecule has 2 aliphatic rings. The Kier molecular flexibility index (Phi) is 5.30. The Balaban J connectivity index is 1.48. The van der Waals surface area contributed by atoms with E-state index in [2.05, 4.69) is 27.4 Å². The zero-order chi connectivity index (χ0) is 19.8.